The zero-order valence-electron chi connectivity index (χ0n) is 10.6. The molecule has 0 amide bonds. The van der Waals surface area contributed by atoms with Crippen LogP contribution in [0.3, 0.4) is 0 Å². The van der Waals surface area contributed by atoms with Gasteiger partial charge in [-0.1, -0.05) is 27.7 Å². The van der Waals surface area contributed by atoms with Gasteiger partial charge in [-0.15, -0.1) is 0 Å². The summed E-state index contributed by atoms with van der Waals surface area (Å²) in [5, 5.41) is 17.8. The number of hydrogen-bond donors (Lipinski definition) is 2. The van der Waals surface area contributed by atoms with E-state index < -0.39 is 23.8 Å². The number of carbonyl (C=O) groups is 3. The molecule has 2 N–H and O–H groups in total. The molecule has 0 spiro atoms. The van der Waals surface area contributed by atoms with Crippen LogP contribution < -0.4 is 0 Å². The fourth-order valence-corrected chi connectivity index (χ4v) is 1.80. The number of Topliss-reactive ketones (excluding diaryl/α,β-unsaturated/α-hetero) is 1. The number of ketones is 1. The van der Waals surface area contributed by atoms with E-state index in [1.807, 2.05) is 13.8 Å². The summed E-state index contributed by atoms with van der Waals surface area (Å²) in [5.41, 5.74) is 0. The molecule has 5 nitrogen and oxygen atoms in total. The highest BCUT2D eigenvalue weighted by atomic mass is 16.4. The molecule has 0 aliphatic rings. The maximum absolute atomic E-state index is 11.9. The minimum absolute atomic E-state index is 0.0731. The fourth-order valence-electron chi connectivity index (χ4n) is 1.80. The van der Waals surface area contributed by atoms with Crippen molar-refractivity contribution >= 4 is 17.7 Å². The van der Waals surface area contributed by atoms with Crippen LogP contribution in [0.4, 0.5) is 0 Å². The van der Waals surface area contributed by atoms with Crippen molar-refractivity contribution in [3.05, 3.63) is 0 Å². The quantitative estimate of drug-likeness (QED) is 0.664. The Hall–Kier alpha value is -1.39. The highest BCUT2D eigenvalue weighted by Gasteiger charge is 2.40. The molecule has 0 aromatic carbocycles. The largest absolute Gasteiger partial charge is 0.481 e. The van der Waals surface area contributed by atoms with Gasteiger partial charge in [-0.3, -0.25) is 14.4 Å². The topological polar surface area (TPSA) is 91.7 Å². The van der Waals surface area contributed by atoms with Crippen LogP contribution in [-0.2, 0) is 14.4 Å². The van der Waals surface area contributed by atoms with Crippen molar-refractivity contribution in [2.75, 3.05) is 0 Å². The Morgan fingerprint density at radius 2 is 1.35 bits per heavy atom. The van der Waals surface area contributed by atoms with E-state index >= 15 is 0 Å². The summed E-state index contributed by atoms with van der Waals surface area (Å²) in [6.45, 7) is 6.97. The summed E-state index contributed by atoms with van der Waals surface area (Å²) in [4.78, 5) is 33.8. The number of aliphatic carboxylic acids is 2. The second-order valence-corrected chi connectivity index (χ2v) is 4.95. The molecule has 17 heavy (non-hydrogen) atoms. The molecule has 0 fully saturated rings. The molecule has 5 heteroatoms. The lowest BCUT2D eigenvalue weighted by molar-refractivity contribution is -0.160. The van der Waals surface area contributed by atoms with Crippen molar-refractivity contribution < 1.29 is 24.6 Å². The molecule has 0 heterocycles. The van der Waals surface area contributed by atoms with Crippen LogP contribution in [0.1, 0.15) is 34.1 Å². The number of carboxylic acid groups (broad SMARTS) is 2. The lowest BCUT2D eigenvalue weighted by atomic mass is 9.79. The van der Waals surface area contributed by atoms with Crippen LogP contribution >= 0.6 is 0 Å². The monoisotopic (exact) mass is 244 g/mol. The third-order valence-electron chi connectivity index (χ3n) is 2.59. The Labute approximate surface area is 101 Å². The Balaban J connectivity index is 5.19. The highest BCUT2D eigenvalue weighted by Crippen LogP contribution is 2.25. The Bertz CT molecular complexity index is 292. The van der Waals surface area contributed by atoms with Gasteiger partial charge in [-0.05, 0) is 12.3 Å². The number of rotatable bonds is 7. The van der Waals surface area contributed by atoms with Gasteiger partial charge in [-0.25, -0.2) is 0 Å². The second kappa shape index (κ2) is 6.37. The van der Waals surface area contributed by atoms with Crippen molar-refractivity contribution in [3.63, 3.8) is 0 Å². The molecule has 0 bridgehead atoms. The molecule has 0 saturated carbocycles. The lowest BCUT2D eigenvalue weighted by Crippen LogP contribution is -2.38. The first-order chi connectivity index (χ1) is 7.68. The average molecular weight is 244 g/mol. The average Bonchev–Trinajstić information content (AvgIpc) is 2.13. The smallest absolute Gasteiger partial charge is 0.318 e. The summed E-state index contributed by atoms with van der Waals surface area (Å²) in [6, 6.07) is 0. The van der Waals surface area contributed by atoms with Gasteiger partial charge in [-0.2, -0.15) is 0 Å². The lowest BCUT2D eigenvalue weighted by Gasteiger charge is -2.23. The molecule has 98 valence electrons. The molecule has 0 aromatic heterocycles. The third kappa shape index (κ3) is 4.54. The van der Waals surface area contributed by atoms with Crippen LogP contribution in [0.2, 0.25) is 0 Å². The SMILES string of the molecule is CC(C)CC(C(=O)C(C)C)C(C(=O)O)C(=O)O. The van der Waals surface area contributed by atoms with E-state index in [0.29, 0.717) is 0 Å². The Morgan fingerprint density at radius 3 is 1.59 bits per heavy atom. The van der Waals surface area contributed by atoms with E-state index in [4.69, 9.17) is 10.2 Å². The Morgan fingerprint density at radius 1 is 0.941 bits per heavy atom. The van der Waals surface area contributed by atoms with Crippen LogP contribution in [-0.4, -0.2) is 27.9 Å². The van der Waals surface area contributed by atoms with Gasteiger partial charge in [0, 0.05) is 11.8 Å². The molecule has 0 saturated heterocycles. The van der Waals surface area contributed by atoms with Gasteiger partial charge >= 0.3 is 11.9 Å². The molecule has 0 rings (SSSR count). The van der Waals surface area contributed by atoms with E-state index in [1.165, 1.54) is 0 Å². The molecule has 0 aliphatic heterocycles. The van der Waals surface area contributed by atoms with E-state index in [-0.39, 0.29) is 24.0 Å². The van der Waals surface area contributed by atoms with Crippen LogP contribution in [0, 0.1) is 23.7 Å². The van der Waals surface area contributed by atoms with Gasteiger partial charge in [0.25, 0.3) is 0 Å². The Kier molecular flexibility index (Phi) is 5.85. The maximum atomic E-state index is 11.9. The van der Waals surface area contributed by atoms with Gasteiger partial charge in [0.2, 0.25) is 0 Å². The van der Waals surface area contributed by atoms with Crippen molar-refractivity contribution in [2.24, 2.45) is 23.7 Å². The van der Waals surface area contributed by atoms with E-state index in [0.717, 1.165) is 0 Å². The van der Waals surface area contributed by atoms with Crippen LogP contribution in [0.5, 0.6) is 0 Å². The summed E-state index contributed by atoms with van der Waals surface area (Å²) in [5.74, 6) is -6.08. The molecule has 1 unspecified atom stereocenters. The van der Waals surface area contributed by atoms with Gasteiger partial charge in [0.15, 0.2) is 5.92 Å². The molecule has 0 aromatic rings. The summed E-state index contributed by atoms with van der Waals surface area (Å²) in [6.07, 6.45) is 0.278. The van der Waals surface area contributed by atoms with Crippen molar-refractivity contribution in [1.82, 2.24) is 0 Å². The van der Waals surface area contributed by atoms with Gasteiger partial charge in [0.05, 0.1) is 0 Å². The van der Waals surface area contributed by atoms with E-state index in [9.17, 15) is 14.4 Å². The first-order valence-corrected chi connectivity index (χ1v) is 5.67. The molecule has 0 radical (unpaired) electrons. The predicted molar refractivity (Wildman–Crippen MR) is 61.6 cm³/mol. The normalized spacial score (nSPS) is 13.1. The number of carboxylic acids is 2. The van der Waals surface area contributed by atoms with Crippen LogP contribution in [0.15, 0.2) is 0 Å². The maximum Gasteiger partial charge on any atom is 0.318 e. The standard InChI is InChI=1S/C12H20O5/c1-6(2)5-8(10(13)7(3)4)9(11(14)15)12(16)17/h6-9H,5H2,1-4H3,(H,14,15)(H,16,17). The zero-order chi connectivity index (χ0) is 13.7. The molecular weight excluding hydrogens is 224 g/mol. The first-order valence-electron chi connectivity index (χ1n) is 5.67. The van der Waals surface area contributed by atoms with E-state index in [1.54, 1.807) is 13.8 Å². The van der Waals surface area contributed by atoms with Gasteiger partial charge in [0.1, 0.15) is 5.78 Å². The van der Waals surface area contributed by atoms with Gasteiger partial charge < -0.3 is 10.2 Å². The summed E-state index contributed by atoms with van der Waals surface area (Å²) < 4.78 is 0. The van der Waals surface area contributed by atoms with Crippen molar-refractivity contribution in [3.8, 4) is 0 Å². The molecule has 1 atom stereocenters. The van der Waals surface area contributed by atoms with Crippen molar-refractivity contribution in [1.29, 1.82) is 0 Å². The minimum atomic E-state index is -1.65. The first kappa shape index (κ1) is 15.6. The summed E-state index contributed by atoms with van der Waals surface area (Å²) in [7, 11) is 0. The highest BCUT2D eigenvalue weighted by molar-refractivity contribution is 5.99. The molecule has 0 aliphatic carbocycles. The summed E-state index contributed by atoms with van der Waals surface area (Å²) >= 11 is 0. The van der Waals surface area contributed by atoms with Crippen LogP contribution in [0.25, 0.3) is 0 Å². The third-order valence-corrected chi connectivity index (χ3v) is 2.59. The van der Waals surface area contributed by atoms with E-state index in [2.05, 4.69) is 0 Å². The van der Waals surface area contributed by atoms with Crippen molar-refractivity contribution in [2.45, 2.75) is 34.1 Å². The minimum Gasteiger partial charge on any atom is -0.481 e. The predicted octanol–water partition coefficient (Wildman–Crippen LogP) is 1.66. The molecular formula is C12H20O5. The number of hydrogen-bond acceptors (Lipinski definition) is 3. The fraction of sp³-hybridized carbons (Fsp3) is 0.750. The zero-order valence-corrected chi connectivity index (χ0v) is 10.6. The number of carbonyl (C=O) groups excluding carboxylic acids is 1. The second-order valence-electron chi connectivity index (χ2n) is 4.95.